The zero-order valence-corrected chi connectivity index (χ0v) is 28.6. The molecule has 2 aliphatic heterocycles. The first-order valence-electron chi connectivity index (χ1n) is 16.8. The molecule has 0 unspecified atom stereocenters. The zero-order chi connectivity index (χ0) is 35.4. The Hall–Kier alpha value is -5.72. The fourth-order valence-electron chi connectivity index (χ4n) is 7.71. The number of hydrogen-bond acceptors (Lipinski definition) is 7. The van der Waals surface area contributed by atoms with Crippen LogP contribution in [0.4, 0.5) is 5.69 Å². The number of aliphatic carboxylic acids is 2. The summed E-state index contributed by atoms with van der Waals surface area (Å²) in [5, 5.41) is 30.3. The van der Waals surface area contributed by atoms with E-state index < -0.39 is 17.4 Å². The molecule has 3 heterocycles. The lowest BCUT2D eigenvalue weighted by Gasteiger charge is -2.42. The van der Waals surface area contributed by atoms with E-state index in [1.807, 2.05) is 6.07 Å². The van der Waals surface area contributed by atoms with Crippen LogP contribution in [0.2, 0.25) is 0 Å². The van der Waals surface area contributed by atoms with E-state index >= 15 is 0 Å². The Morgan fingerprint density at radius 2 is 1.36 bits per heavy atom. The van der Waals surface area contributed by atoms with E-state index in [1.54, 1.807) is 25.7 Å². The van der Waals surface area contributed by atoms with Crippen molar-refractivity contribution in [1.29, 1.82) is 5.26 Å². The normalized spacial score (nSPS) is 16.5. The number of rotatable bonds is 10. The molecule has 0 spiro atoms. The van der Waals surface area contributed by atoms with E-state index in [1.165, 1.54) is 29.5 Å². The summed E-state index contributed by atoms with van der Waals surface area (Å²) < 4.78 is 0. The van der Waals surface area contributed by atoms with Gasteiger partial charge in [-0.3, -0.25) is 9.88 Å². The number of nitriles is 1. The van der Waals surface area contributed by atoms with Crippen LogP contribution in [-0.4, -0.2) is 69.7 Å². The smallest absolute Gasteiger partial charge is 0.334 e. The Balaban J connectivity index is 1.17. The number of aromatic nitrogens is 1. The third-order valence-corrected chi connectivity index (χ3v) is 10.2. The number of carboxylic acids is 2. The van der Waals surface area contributed by atoms with Gasteiger partial charge in [-0.1, -0.05) is 72.8 Å². The van der Waals surface area contributed by atoms with Crippen molar-refractivity contribution < 1.29 is 19.8 Å². The van der Waals surface area contributed by atoms with Crippen LogP contribution >= 0.6 is 0 Å². The Labute approximate surface area is 293 Å². The number of anilines is 1. The Morgan fingerprint density at radius 3 is 1.86 bits per heavy atom. The van der Waals surface area contributed by atoms with E-state index in [0.717, 1.165) is 37.4 Å². The van der Waals surface area contributed by atoms with Gasteiger partial charge < -0.3 is 20.0 Å². The molecule has 1 aromatic heterocycles. The van der Waals surface area contributed by atoms with E-state index in [9.17, 15) is 25.1 Å². The average Bonchev–Trinajstić information content (AvgIpc) is 3.13. The van der Waals surface area contributed by atoms with Gasteiger partial charge in [-0.25, -0.2) is 9.59 Å². The molecule has 254 valence electrons. The van der Waals surface area contributed by atoms with Crippen molar-refractivity contribution in [2.24, 2.45) is 0 Å². The lowest BCUT2D eigenvalue weighted by atomic mass is 9.68. The maximum absolute atomic E-state index is 12.8. The maximum Gasteiger partial charge on any atom is 0.334 e. The molecule has 0 aliphatic carbocycles. The summed E-state index contributed by atoms with van der Waals surface area (Å²) in [4.78, 5) is 36.7. The predicted octanol–water partition coefficient (Wildman–Crippen LogP) is 6.40. The monoisotopic (exact) mass is 667 g/mol. The van der Waals surface area contributed by atoms with Crippen molar-refractivity contribution in [2.45, 2.75) is 38.6 Å². The zero-order valence-electron chi connectivity index (χ0n) is 28.6. The summed E-state index contributed by atoms with van der Waals surface area (Å²) in [7, 11) is 0. The van der Waals surface area contributed by atoms with Crippen LogP contribution < -0.4 is 4.90 Å². The number of carbonyl (C=O) groups is 2. The lowest BCUT2D eigenvalue weighted by Crippen LogP contribution is -2.48. The van der Waals surface area contributed by atoms with Crippen molar-refractivity contribution in [1.82, 2.24) is 14.8 Å². The minimum absolute atomic E-state index is 0.0700. The molecule has 1 fully saturated rings. The summed E-state index contributed by atoms with van der Waals surface area (Å²) in [5.41, 5.74) is 4.47. The molecule has 9 nitrogen and oxygen atoms in total. The van der Waals surface area contributed by atoms with Gasteiger partial charge in [0.2, 0.25) is 0 Å². The molecule has 3 aromatic carbocycles. The number of nitrogens with zero attached hydrogens (tertiary/aromatic N) is 5. The molecule has 6 rings (SSSR count). The number of carboxylic acid groups (broad SMARTS) is 2. The molecule has 0 atom stereocenters. The standard InChI is InChI=1S/C41H41N5O4/c1-28-36(39(47)48)41(3,35-26-31(27-42)18-20-43-35)37(40(49)50)29(2)46(28)21-19-30-14-16-34(17-15-30)44-22-24-45(25-23-44)38(32-10-6-4-7-11-32)33-12-8-5-9-13-33/h4-18,20,26,38H,19,21-25H2,1-3H3,(H,47,48)(H,49,50). The summed E-state index contributed by atoms with van der Waals surface area (Å²) in [5.74, 6) is -2.46. The van der Waals surface area contributed by atoms with Crippen LogP contribution in [0.1, 0.15) is 54.8 Å². The van der Waals surface area contributed by atoms with E-state index in [4.69, 9.17) is 0 Å². The van der Waals surface area contributed by atoms with Crippen LogP contribution in [0.25, 0.3) is 0 Å². The van der Waals surface area contributed by atoms with Crippen LogP contribution in [-0.2, 0) is 21.4 Å². The van der Waals surface area contributed by atoms with Crippen molar-refractivity contribution in [3.05, 3.63) is 154 Å². The predicted molar refractivity (Wildman–Crippen MR) is 192 cm³/mol. The minimum atomic E-state index is -1.57. The Kier molecular flexibility index (Phi) is 9.84. The second-order valence-electron chi connectivity index (χ2n) is 13.0. The first-order valence-corrected chi connectivity index (χ1v) is 16.8. The largest absolute Gasteiger partial charge is 0.478 e. The molecule has 4 aromatic rings. The second-order valence-corrected chi connectivity index (χ2v) is 13.0. The van der Waals surface area contributed by atoms with Crippen molar-refractivity contribution in [3.8, 4) is 6.07 Å². The third kappa shape index (κ3) is 6.50. The second kappa shape index (κ2) is 14.4. The lowest BCUT2D eigenvalue weighted by molar-refractivity contribution is -0.134. The van der Waals surface area contributed by atoms with Gasteiger partial charge in [0.05, 0.1) is 39.9 Å². The summed E-state index contributed by atoms with van der Waals surface area (Å²) >= 11 is 0. The van der Waals surface area contributed by atoms with Gasteiger partial charge in [0, 0.05) is 56.0 Å². The van der Waals surface area contributed by atoms with Gasteiger partial charge in [-0.15, -0.1) is 0 Å². The molecule has 9 heteroatoms. The summed E-state index contributed by atoms with van der Waals surface area (Å²) in [6.07, 6.45) is 1.99. The van der Waals surface area contributed by atoms with Gasteiger partial charge in [-0.2, -0.15) is 5.26 Å². The molecular weight excluding hydrogens is 626 g/mol. The van der Waals surface area contributed by atoms with Crippen molar-refractivity contribution >= 4 is 17.6 Å². The van der Waals surface area contributed by atoms with Crippen LogP contribution in [0.3, 0.4) is 0 Å². The van der Waals surface area contributed by atoms with Gasteiger partial charge in [0.15, 0.2) is 0 Å². The van der Waals surface area contributed by atoms with Gasteiger partial charge >= 0.3 is 11.9 Å². The summed E-state index contributed by atoms with van der Waals surface area (Å²) in [6.45, 7) is 9.03. The first-order chi connectivity index (χ1) is 24.1. The van der Waals surface area contributed by atoms with Crippen LogP contribution in [0, 0.1) is 11.3 Å². The fraction of sp³-hybridized carbons (Fsp3) is 0.268. The van der Waals surface area contributed by atoms with E-state index in [-0.39, 0.29) is 28.4 Å². The van der Waals surface area contributed by atoms with E-state index in [2.05, 4.69) is 99.7 Å². The molecule has 0 saturated carbocycles. The van der Waals surface area contributed by atoms with Gasteiger partial charge in [-0.05, 0) is 68.1 Å². The molecule has 0 amide bonds. The highest BCUT2D eigenvalue weighted by atomic mass is 16.4. The number of piperazine rings is 1. The molecule has 50 heavy (non-hydrogen) atoms. The number of hydrogen-bond donors (Lipinski definition) is 2. The molecule has 1 saturated heterocycles. The van der Waals surface area contributed by atoms with E-state index in [0.29, 0.717) is 24.4 Å². The van der Waals surface area contributed by atoms with Crippen LogP contribution in [0.5, 0.6) is 0 Å². The van der Waals surface area contributed by atoms with Crippen LogP contribution in [0.15, 0.2) is 126 Å². The SMILES string of the molecule is CC1=C(C(=O)O)C(C)(c2cc(C#N)ccn2)C(C(=O)O)=C(C)N1CCc1ccc(N2CCN(C(c3ccccc3)c3ccccc3)CC2)cc1. The topological polar surface area (TPSA) is 121 Å². The number of allylic oxidation sites excluding steroid dienone is 2. The molecule has 0 radical (unpaired) electrons. The van der Waals surface area contributed by atoms with Crippen molar-refractivity contribution in [3.63, 3.8) is 0 Å². The number of benzene rings is 3. The molecule has 2 aliphatic rings. The average molecular weight is 668 g/mol. The number of pyridine rings is 1. The molecular formula is C41H41N5O4. The van der Waals surface area contributed by atoms with Gasteiger partial charge in [0.25, 0.3) is 0 Å². The highest BCUT2D eigenvalue weighted by molar-refractivity contribution is 6.00. The van der Waals surface area contributed by atoms with Gasteiger partial charge in [0.1, 0.15) is 0 Å². The highest BCUT2D eigenvalue weighted by Gasteiger charge is 2.49. The summed E-state index contributed by atoms with van der Waals surface area (Å²) in [6, 6.07) is 35.0. The fourth-order valence-corrected chi connectivity index (χ4v) is 7.71. The molecule has 2 N–H and O–H groups in total. The Morgan fingerprint density at radius 1 is 0.820 bits per heavy atom. The first kappa shape index (κ1) is 34.2. The quantitative estimate of drug-likeness (QED) is 0.198. The molecule has 0 bridgehead atoms. The van der Waals surface area contributed by atoms with Crippen molar-refractivity contribution in [2.75, 3.05) is 37.6 Å². The highest BCUT2D eigenvalue weighted by Crippen LogP contribution is 2.46. The Bertz CT molecular complexity index is 1900. The third-order valence-electron chi connectivity index (χ3n) is 10.2. The minimum Gasteiger partial charge on any atom is -0.478 e. The maximum atomic E-state index is 12.8.